The minimum atomic E-state index is 1.08. The summed E-state index contributed by atoms with van der Waals surface area (Å²) in [5, 5.41) is 3.53. The van der Waals surface area contributed by atoms with Crippen molar-refractivity contribution in [3.63, 3.8) is 0 Å². The standard InChI is InChI=1S/C8H4I2S2/c9-4-1-2-6(11)8-7(4)5(10)3-12-8/h1-3,11H. The molecule has 0 unspecified atom stereocenters. The van der Waals surface area contributed by atoms with Crippen molar-refractivity contribution in [1.29, 1.82) is 0 Å². The van der Waals surface area contributed by atoms with Gasteiger partial charge in [-0.15, -0.1) is 24.0 Å². The van der Waals surface area contributed by atoms with Crippen LogP contribution in [-0.2, 0) is 0 Å². The first-order valence-corrected chi connectivity index (χ1v) is 6.73. The molecule has 62 valence electrons. The summed E-state index contributed by atoms with van der Waals surface area (Å²) >= 11 is 10.9. The summed E-state index contributed by atoms with van der Waals surface area (Å²) in [5.74, 6) is 0. The Bertz CT molecular complexity index is 434. The van der Waals surface area contributed by atoms with Crippen molar-refractivity contribution in [3.05, 3.63) is 24.7 Å². The van der Waals surface area contributed by atoms with Gasteiger partial charge in [0.05, 0.1) is 0 Å². The fraction of sp³-hybridized carbons (Fsp3) is 0. The molecule has 0 atom stereocenters. The van der Waals surface area contributed by atoms with E-state index in [-0.39, 0.29) is 0 Å². The molecule has 0 bridgehead atoms. The van der Waals surface area contributed by atoms with Crippen LogP contribution in [0.15, 0.2) is 22.4 Å². The van der Waals surface area contributed by atoms with E-state index in [1.54, 1.807) is 11.3 Å². The maximum atomic E-state index is 4.41. The van der Waals surface area contributed by atoms with Gasteiger partial charge in [0.25, 0.3) is 0 Å². The molecule has 0 nitrogen and oxygen atoms in total. The molecule has 0 fully saturated rings. The van der Waals surface area contributed by atoms with E-state index in [9.17, 15) is 0 Å². The van der Waals surface area contributed by atoms with Crippen LogP contribution in [0.3, 0.4) is 0 Å². The molecule has 0 spiro atoms. The van der Waals surface area contributed by atoms with Crippen LogP contribution < -0.4 is 0 Å². The average Bonchev–Trinajstić information content (AvgIpc) is 2.42. The first-order valence-electron chi connectivity index (χ1n) is 3.24. The molecule has 0 N–H and O–H groups in total. The molecule has 0 aliphatic carbocycles. The van der Waals surface area contributed by atoms with Gasteiger partial charge in [0.15, 0.2) is 0 Å². The molecule has 2 rings (SSSR count). The Morgan fingerprint density at radius 1 is 1.17 bits per heavy atom. The Morgan fingerprint density at radius 2 is 1.92 bits per heavy atom. The highest BCUT2D eigenvalue weighted by atomic mass is 127. The molecular weight excluding hydrogens is 414 g/mol. The minimum Gasteiger partial charge on any atom is -0.142 e. The van der Waals surface area contributed by atoms with Crippen LogP contribution in [0.4, 0.5) is 0 Å². The van der Waals surface area contributed by atoms with Crippen LogP contribution in [-0.4, -0.2) is 0 Å². The molecule has 1 aromatic heterocycles. The molecule has 0 saturated heterocycles. The summed E-state index contributed by atoms with van der Waals surface area (Å²) in [6, 6.07) is 4.17. The molecule has 12 heavy (non-hydrogen) atoms. The lowest BCUT2D eigenvalue weighted by atomic mass is 10.3. The summed E-state index contributed by atoms with van der Waals surface area (Å²) in [7, 11) is 0. The second-order valence-electron chi connectivity index (χ2n) is 2.35. The number of benzene rings is 1. The molecule has 2 aromatic rings. The van der Waals surface area contributed by atoms with Crippen LogP contribution in [0.2, 0.25) is 0 Å². The summed E-state index contributed by atoms with van der Waals surface area (Å²) in [6.45, 7) is 0. The second-order valence-corrected chi connectivity index (χ2v) is 6.04. The van der Waals surface area contributed by atoms with E-state index >= 15 is 0 Å². The Kier molecular flexibility index (Phi) is 2.88. The normalized spacial score (nSPS) is 10.9. The van der Waals surface area contributed by atoms with Gasteiger partial charge < -0.3 is 0 Å². The van der Waals surface area contributed by atoms with Crippen LogP contribution >= 0.6 is 69.1 Å². The van der Waals surface area contributed by atoms with Gasteiger partial charge in [0.2, 0.25) is 0 Å². The molecule has 4 heteroatoms. The fourth-order valence-corrected chi connectivity index (χ4v) is 4.83. The van der Waals surface area contributed by atoms with Gasteiger partial charge in [-0.25, -0.2) is 0 Å². The summed E-state index contributed by atoms with van der Waals surface area (Å²) in [4.78, 5) is 1.08. The van der Waals surface area contributed by atoms with E-state index in [1.165, 1.54) is 17.2 Å². The Labute approximate surface area is 107 Å². The van der Waals surface area contributed by atoms with Gasteiger partial charge in [-0.05, 0) is 57.3 Å². The first kappa shape index (κ1) is 9.54. The lowest BCUT2D eigenvalue weighted by Gasteiger charge is -1.97. The van der Waals surface area contributed by atoms with Gasteiger partial charge in [0, 0.05) is 27.5 Å². The first-order chi connectivity index (χ1) is 5.70. The molecule has 1 aromatic carbocycles. The molecule has 0 amide bonds. The third-order valence-electron chi connectivity index (χ3n) is 1.61. The van der Waals surface area contributed by atoms with Crippen molar-refractivity contribution in [2.75, 3.05) is 0 Å². The largest absolute Gasteiger partial charge is 0.142 e. The molecule has 0 aliphatic rings. The predicted octanol–water partition coefficient (Wildman–Crippen LogP) is 4.40. The molecule has 0 aliphatic heterocycles. The quantitative estimate of drug-likeness (QED) is 0.476. The van der Waals surface area contributed by atoms with Gasteiger partial charge in [-0.3, -0.25) is 0 Å². The van der Waals surface area contributed by atoms with Crippen LogP contribution in [0.5, 0.6) is 0 Å². The minimum absolute atomic E-state index is 1.08. The van der Waals surface area contributed by atoms with Crippen molar-refractivity contribution in [2.24, 2.45) is 0 Å². The van der Waals surface area contributed by atoms with Crippen molar-refractivity contribution in [3.8, 4) is 0 Å². The second kappa shape index (κ2) is 3.62. The van der Waals surface area contributed by atoms with Crippen molar-refractivity contribution in [1.82, 2.24) is 0 Å². The molecule has 0 radical (unpaired) electrons. The number of hydrogen-bond acceptors (Lipinski definition) is 2. The summed E-state index contributed by atoms with van der Waals surface area (Å²) in [5.41, 5.74) is 0. The number of thiophene rings is 1. The van der Waals surface area contributed by atoms with Gasteiger partial charge in [0.1, 0.15) is 0 Å². The van der Waals surface area contributed by atoms with E-state index in [2.05, 4.69) is 75.3 Å². The van der Waals surface area contributed by atoms with E-state index in [4.69, 9.17) is 0 Å². The van der Waals surface area contributed by atoms with E-state index in [0.717, 1.165) is 4.90 Å². The Hall–Kier alpha value is 0.990. The maximum absolute atomic E-state index is 4.41. The topological polar surface area (TPSA) is 0 Å². The summed E-state index contributed by atoms with van der Waals surface area (Å²) in [6.07, 6.45) is 0. The molecule has 0 saturated carbocycles. The highest BCUT2D eigenvalue weighted by Gasteiger charge is 2.07. The van der Waals surface area contributed by atoms with Crippen LogP contribution in [0.1, 0.15) is 0 Å². The number of hydrogen-bond donors (Lipinski definition) is 1. The molecule has 1 heterocycles. The predicted molar refractivity (Wildman–Crippen MR) is 74.5 cm³/mol. The number of thiol groups is 1. The fourth-order valence-electron chi connectivity index (χ4n) is 1.06. The number of fused-ring (bicyclic) bond motifs is 1. The summed E-state index contributed by atoms with van der Waals surface area (Å²) < 4.78 is 3.94. The number of halogens is 2. The molecular formula is C8H4I2S2. The highest BCUT2D eigenvalue weighted by molar-refractivity contribution is 14.1. The van der Waals surface area contributed by atoms with Crippen molar-refractivity contribution < 1.29 is 0 Å². The van der Waals surface area contributed by atoms with Gasteiger partial charge in [-0.1, -0.05) is 0 Å². The van der Waals surface area contributed by atoms with Crippen molar-refractivity contribution >= 4 is 79.2 Å². The van der Waals surface area contributed by atoms with E-state index in [0.29, 0.717) is 0 Å². The number of rotatable bonds is 0. The smallest absolute Gasteiger partial charge is 0.0497 e. The zero-order chi connectivity index (χ0) is 8.72. The lowest BCUT2D eigenvalue weighted by molar-refractivity contribution is 1.58. The van der Waals surface area contributed by atoms with Crippen molar-refractivity contribution in [2.45, 2.75) is 4.90 Å². The van der Waals surface area contributed by atoms with E-state index in [1.807, 2.05) is 0 Å². The maximum Gasteiger partial charge on any atom is 0.0497 e. The van der Waals surface area contributed by atoms with Crippen LogP contribution in [0.25, 0.3) is 10.1 Å². The highest BCUT2D eigenvalue weighted by Crippen LogP contribution is 2.34. The zero-order valence-corrected chi connectivity index (χ0v) is 11.9. The third-order valence-corrected chi connectivity index (χ3v) is 5.31. The monoisotopic (exact) mass is 418 g/mol. The SMILES string of the molecule is Sc1ccc(I)c2c(I)csc12. The van der Waals surface area contributed by atoms with Gasteiger partial charge in [-0.2, -0.15) is 0 Å². The van der Waals surface area contributed by atoms with E-state index < -0.39 is 0 Å². The third kappa shape index (κ3) is 1.51. The van der Waals surface area contributed by atoms with Crippen LogP contribution in [0, 0.1) is 7.14 Å². The van der Waals surface area contributed by atoms with Gasteiger partial charge >= 0.3 is 0 Å². The zero-order valence-electron chi connectivity index (χ0n) is 5.84. The Morgan fingerprint density at radius 3 is 2.58 bits per heavy atom. The Balaban J connectivity index is 2.98. The average molecular weight is 418 g/mol. The lowest BCUT2D eigenvalue weighted by Crippen LogP contribution is -1.75.